The van der Waals surface area contributed by atoms with Crippen molar-refractivity contribution >= 4 is 27.2 Å². The molecular weight excluding hydrogens is 248 g/mol. The van der Waals surface area contributed by atoms with E-state index in [0.29, 0.717) is 26.1 Å². The minimum atomic E-state index is -3.45. The van der Waals surface area contributed by atoms with Crippen LogP contribution in [0.2, 0.25) is 0 Å². The first kappa shape index (κ1) is 15.8. The van der Waals surface area contributed by atoms with E-state index in [1.807, 2.05) is 0 Å². The summed E-state index contributed by atoms with van der Waals surface area (Å²) < 4.78 is 30.5. The summed E-state index contributed by atoms with van der Waals surface area (Å²) in [6.07, 6.45) is 0.390. The highest BCUT2D eigenvalue weighted by atomic mass is 32.2. The van der Waals surface area contributed by atoms with Crippen LogP contribution in [0.4, 0.5) is 0 Å². The number of thiocarbonyl (C=S) groups is 1. The highest BCUT2D eigenvalue weighted by Crippen LogP contribution is 2.12. The van der Waals surface area contributed by atoms with Crippen molar-refractivity contribution in [1.82, 2.24) is 4.31 Å². The van der Waals surface area contributed by atoms with Gasteiger partial charge in [-0.15, -0.1) is 0 Å². The molecule has 0 aliphatic carbocycles. The predicted octanol–water partition coefficient (Wildman–Crippen LogP) is 0.349. The molecule has 0 saturated carbocycles. The lowest BCUT2D eigenvalue weighted by Gasteiger charge is -2.25. The molecule has 0 fully saturated rings. The highest BCUT2D eigenvalue weighted by molar-refractivity contribution is 7.92. The van der Waals surface area contributed by atoms with Gasteiger partial charge in [-0.3, -0.25) is 0 Å². The van der Waals surface area contributed by atoms with Crippen molar-refractivity contribution in [3.8, 4) is 0 Å². The fourth-order valence-corrected chi connectivity index (χ4v) is 3.69. The Morgan fingerprint density at radius 2 is 2.06 bits per heavy atom. The number of sulfonamides is 1. The summed E-state index contributed by atoms with van der Waals surface area (Å²) >= 11 is 4.78. The first-order valence-electron chi connectivity index (χ1n) is 5.18. The van der Waals surface area contributed by atoms with Crippen LogP contribution < -0.4 is 5.73 Å². The van der Waals surface area contributed by atoms with E-state index < -0.39 is 15.3 Å². The van der Waals surface area contributed by atoms with Gasteiger partial charge in [0.05, 0.1) is 11.6 Å². The Balaban J connectivity index is 4.90. The largest absolute Gasteiger partial charge is 0.392 e. The molecule has 16 heavy (non-hydrogen) atoms. The van der Waals surface area contributed by atoms with E-state index in [-0.39, 0.29) is 4.99 Å². The second-order valence-electron chi connectivity index (χ2n) is 3.33. The predicted molar refractivity (Wildman–Crippen MR) is 68.9 cm³/mol. The molecule has 1 atom stereocenters. The molecule has 2 N–H and O–H groups in total. The molecule has 0 spiro atoms. The van der Waals surface area contributed by atoms with Gasteiger partial charge in [0.2, 0.25) is 10.0 Å². The van der Waals surface area contributed by atoms with E-state index in [9.17, 15) is 8.42 Å². The maximum atomic E-state index is 12.1. The Labute approximate surface area is 103 Å². The molecule has 0 aliphatic rings. The quantitative estimate of drug-likeness (QED) is 0.643. The van der Waals surface area contributed by atoms with E-state index in [1.165, 1.54) is 11.4 Å². The van der Waals surface area contributed by atoms with Gasteiger partial charge in [-0.2, -0.15) is 4.31 Å². The Morgan fingerprint density at radius 3 is 2.38 bits per heavy atom. The van der Waals surface area contributed by atoms with Crippen molar-refractivity contribution < 1.29 is 13.2 Å². The lowest BCUT2D eigenvalue weighted by Crippen LogP contribution is -2.45. The number of hydrogen-bond acceptors (Lipinski definition) is 4. The Morgan fingerprint density at radius 1 is 1.50 bits per heavy atom. The third-order valence-electron chi connectivity index (χ3n) is 2.31. The molecule has 7 heteroatoms. The van der Waals surface area contributed by atoms with Crippen LogP contribution in [0, 0.1) is 0 Å². The van der Waals surface area contributed by atoms with Crippen LogP contribution in [-0.2, 0) is 14.8 Å². The second kappa shape index (κ2) is 7.16. The molecule has 0 heterocycles. The third kappa shape index (κ3) is 3.97. The monoisotopic (exact) mass is 268 g/mol. The van der Waals surface area contributed by atoms with Crippen LogP contribution in [0.3, 0.4) is 0 Å². The highest BCUT2D eigenvalue weighted by Gasteiger charge is 2.31. The van der Waals surface area contributed by atoms with Gasteiger partial charge in [-0.05, 0) is 6.42 Å². The fraction of sp³-hybridized carbons (Fsp3) is 0.889. The van der Waals surface area contributed by atoms with Gasteiger partial charge in [-0.1, -0.05) is 26.1 Å². The van der Waals surface area contributed by atoms with Gasteiger partial charge < -0.3 is 10.5 Å². The van der Waals surface area contributed by atoms with E-state index in [1.54, 1.807) is 13.8 Å². The fourth-order valence-electron chi connectivity index (χ4n) is 1.40. The molecule has 0 aromatic carbocycles. The maximum Gasteiger partial charge on any atom is 0.223 e. The van der Waals surface area contributed by atoms with E-state index >= 15 is 0 Å². The third-order valence-corrected chi connectivity index (χ3v) is 5.21. The standard InChI is InChI=1S/C9H20N2O3S2/c1-4-8(9(10)15)16(12,13)11(5-2)6-7-14-3/h8H,4-7H2,1-3H3,(H2,10,15). The van der Waals surface area contributed by atoms with Crippen molar-refractivity contribution in [2.45, 2.75) is 25.5 Å². The van der Waals surface area contributed by atoms with Crippen LogP contribution in [0.1, 0.15) is 20.3 Å². The summed E-state index contributed by atoms with van der Waals surface area (Å²) in [5.74, 6) is 0. The van der Waals surface area contributed by atoms with E-state index in [0.717, 1.165) is 0 Å². The van der Waals surface area contributed by atoms with Crippen molar-refractivity contribution in [1.29, 1.82) is 0 Å². The van der Waals surface area contributed by atoms with Gasteiger partial charge in [0.25, 0.3) is 0 Å². The zero-order valence-corrected chi connectivity index (χ0v) is 11.6. The minimum absolute atomic E-state index is 0.0263. The first-order chi connectivity index (χ1) is 7.41. The molecule has 96 valence electrons. The normalized spacial score (nSPS) is 14.0. The molecule has 0 saturated heterocycles. The number of nitrogens with two attached hydrogens (primary N) is 1. The molecule has 0 aliphatic heterocycles. The van der Waals surface area contributed by atoms with Gasteiger partial charge >= 0.3 is 0 Å². The summed E-state index contributed by atoms with van der Waals surface area (Å²) in [4.78, 5) is 0.0263. The topological polar surface area (TPSA) is 72.6 Å². The van der Waals surface area contributed by atoms with Crippen molar-refractivity contribution in [3.05, 3.63) is 0 Å². The van der Waals surface area contributed by atoms with Gasteiger partial charge in [-0.25, -0.2) is 8.42 Å². The lowest BCUT2D eigenvalue weighted by atomic mass is 10.3. The summed E-state index contributed by atoms with van der Waals surface area (Å²) in [5, 5.41) is -0.778. The SMILES string of the molecule is CCC(C(N)=S)S(=O)(=O)N(CC)CCOC. The van der Waals surface area contributed by atoms with Crippen molar-refractivity contribution in [3.63, 3.8) is 0 Å². The smallest absolute Gasteiger partial charge is 0.223 e. The number of methoxy groups -OCH3 is 1. The Bertz CT molecular complexity index is 317. The second-order valence-corrected chi connectivity index (χ2v) is 5.92. The average molecular weight is 268 g/mol. The first-order valence-corrected chi connectivity index (χ1v) is 7.10. The molecule has 5 nitrogen and oxygen atoms in total. The summed E-state index contributed by atoms with van der Waals surface area (Å²) in [6.45, 7) is 4.62. The Kier molecular flexibility index (Phi) is 7.05. The van der Waals surface area contributed by atoms with E-state index in [2.05, 4.69) is 0 Å². The van der Waals surface area contributed by atoms with Crippen LogP contribution in [0.25, 0.3) is 0 Å². The average Bonchev–Trinajstić information content (AvgIpc) is 2.18. The van der Waals surface area contributed by atoms with Crippen LogP contribution >= 0.6 is 12.2 Å². The number of hydrogen-bond donors (Lipinski definition) is 1. The summed E-state index contributed by atoms with van der Waals surface area (Å²) in [5.41, 5.74) is 5.45. The molecule has 0 radical (unpaired) electrons. The van der Waals surface area contributed by atoms with Crippen LogP contribution in [0.15, 0.2) is 0 Å². The van der Waals surface area contributed by atoms with Crippen molar-refractivity contribution in [2.75, 3.05) is 26.8 Å². The summed E-state index contributed by atoms with van der Waals surface area (Å²) in [7, 11) is -1.91. The zero-order valence-electron chi connectivity index (χ0n) is 9.97. The molecular formula is C9H20N2O3S2. The lowest BCUT2D eigenvalue weighted by molar-refractivity contribution is 0.180. The van der Waals surface area contributed by atoms with Gasteiger partial charge in [0.1, 0.15) is 5.25 Å². The molecule has 1 unspecified atom stereocenters. The van der Waals surface area contributed by atoms with Gasteiger partial charge in [0.15, 0.2) is 0 Å². The molecule has 0 amide bonds. The number of likely N-dealkylation sites (N-methyl/N-ethyl adjacent to an activating group) is 1. The molecule has 0 bridgehead atoms. The zero-order chi connectivity index (χ0) is 12.8. The van der Waals surface area contributed by atoms with Crippen LogP contribution in [-0.4, -0.2) is 49.8 Å². The van der Waals surface area contributed by atoms with Gasteiger partial charge in [0, 0.05) is 20.2 Å². The number of ether oxygens (including phenoxy) is 1. The van der Waals surface area contributed by atoms with E-state index in [4.69, 9.17) is 22.7 Å². The minimum Gasteiger partial charge on any atom is -0.392 e. The number of nitrogens with zero attached hydrogens (tertiary/aromatic N) is 1. The van der Waals surface area contributed by atoms with Crippen LogP contribution in [0.5, 0.6) is 0 Å². The van der Waals surface area contributed by atoms with Crippen molar-refractivity contribution in [2.24, 2.45) is 5.73 Å². The number of rotatable bonds is 8. The molecule has 0 aromatic rings. The summed E-state index contributed by atoms with van der Waals surface area (Å²) in [6, 6.07) is 0. The maximum absolute atomic E-state index is 12.1. The molecule has 0 aromatic heterocycles. The molecule has 0 rings (SSSR count). The Hall–Kier alpha value is -0.240.